The second-order valence-electron chi connectivity index (χ2n) is 2.93. The first-order chi connectivity index (χ1) is 6.15. The van der Waals surface area contributed by atoms with Crippen molar-refractivity contribution in [2.75, 3.05) is 7.05 Å². The maximum absolute atomic E-state index is 5.55. The Hall–Kier alpha value is -1.55. The molecule has 0 amide bonds. The predicted molar refractivity (Wildman–Crippen MR) is 53.9 cm³/mol. The van der Waals surface area contributed by atoms with E-state index in [4.69, 9.17) is 11.7 Å². The highest BCUT2D eigenvalue weighted by Crippen LogP contribution is 2.05. The summed E-state index contributed by atoms with van der Waals surface area (Å²) in [5.41, 5.74) is 2.08. The minimum absolute atomic E-state index is 0.573. The van der Waals surface area contributed by atoms with E-state index in [0.29, 0.717) is 5.84 Å². The molecule has 0 aromatic heterocycles. The molecular weight excluding hydrogens is 164 g/mol. The zero-order valence-electron chi connectivity index (χ0n) is 7.86. The molecule has 0 aliphatic rings. The highest BCUT2D eigenvalue weighted by Gasteiger charge is 2.05. The number of hydrogen-bond acceptors (Lipinski definition) is 3. The van der Waals surface area contributed by atoms with Crippen LogP contribution in [0.4, 0.5) is 0 Å². The van der Waals surface area contributed by atoms with E-state index >= 15 is 0 Å². The van der Waals surface area contributed by atoms with Crippen molar-refractivity contribution in [1.29, 1.82) is 0 Å². The van der Waals surface area contributed by atoms with E-state index in [1.807, 2.05) is 31.2 Å². The third kappa shape index (κ3) is 2.19. The summed E-state index contributed by atoms with van der Waals surface area (Å²) in [6, 6.07) is 7.85. The molecule has 0 heterocycles. The van der Waals surface area contributed by atoms with E-state index in [0.717, 1.165) is 11.1 Å². The second-order valence-corrected chi connectivity index (χ2v) is 2.93. The van der Waals surface area contributed by atoms with Crippen LogP contribution in [-0.4, -0.2) is 17.9 Å². The quantitative estimate of drug-likeness (QED) is 0.283. The summed E-state index contributed by atoms with van der Waals surface area (Å²) in [6.07, 6.45) is 0. The molecule has 1 aromatic carbocycles. The van der Waals surface area contributed by atoms with Gasteiger partial charge >= 0.3 is 0 Å². The first-order valence-corrected chi connectivity index (χ1v) is 3.98. The lowest BCUT2D eigenvalue weighted by atomic mass is 10.1. The van der Waals surface area contributed by atoms with Crippen LogP contribution < -0.4 is 11.7 Å². The van der Waals surface area contributed by atoms with Crippen molar-refractivity contribution in [3.63, 3.8) is 0 Å². The minimum Gasteiger partial charge on any atom is -0.321 e. The summed E-state index contributed by atoms with van der Waals surface area (Å²) in [5, 5.41) is 5.01. The molecule has 70 valence electrons. The Balaban J connectivity index is 3.06. The molecule has 0 saturated carbocycles. The van der Waals surface area contributed by atoms with Crippen LogP contribution in [0.1, 0.15) is 11.1 Å². The summed E-state index contributed by atoms with van der Waals surface area (Å²) in [4.78, 5) is 0. The summed E-state index contributed by atoms with van der Waals surface area (Å²) >= 11 is 0. The van der Waals surface area contributed by atoms with Gasteiger partial charge in [0, 0.05) is 12.6 Å². The average Bonchev–Trinajstić information content (AvgIpc) is 2.04. The fourth-order valence-electron chi connectivity index (χ4n) is 1.15. The molecule has 0 fully saturated rings. The Morgan fingerprint density at radius 2 is 2.15 bits per heavy atom. The Kier molecular flexibility index (Phi) is 2.87. The van der Waals surface area contributed by atoms with Gasteiger partial charge in [-0.05, 0) is 13.0 Å². The number of aryl methyl sites for hydroxylation is 1. The third-order valence-corrected chi connectivity index (χ3v) is 1.73. The average molecular weight is 178 g/mol. The van der Waals surface area contributed by atoms with Crippen LogP contribution in [-0.2, 0) is 0 Å². The largest absolute Gasteiger partial charge is 0.321 e. The summed E-state index contributed by atoms with van der Waals surface area (Å²) in [6.45, 7) is 2.01. The van der Waals surface area contributed by atoms with Crippen LogP contribution in [0.5, 0.6) is 0 Å². The fraction of sp³-hybridized carbons (Fsp3) is 0.222. The maximum atomic E-state index is 5.55. The van der Waals surface area contributed by atoms with Crippen molar-refractivity contribution in [2.24, 2.45) is 16.8 Å². The molecule has 0 saturated heterocycles. The number of hydrazone groups is 1. The van der Waals surface area contributed by atoms with Gasteiger partial charge < -0.3 is 5.84 Å². The predicted octanol–water partition coefficient (Wildman–Crippen LogP) is 0.421. The molecule has 0 bridgehead atoms. The van der Waals surface area contributed by atoms with Gasteiger partial charge in [-0.1, -0.05) is 23.8 Å². The third-order valence-electron chi connectivity index (χ3n) is 1.73. The topological polar surface area (TPSA) is 67.6 Å². The Morgan fingerprint density at radius 3 is 2.62 bits per heavy atom. The zero-order chi connectivity index (χ0) is 9.84. The van der Waals surface area contributed by atoms with Crippen molar-refractivity contribution in [3.05, 3.63) is 35.4 Å². The molecule has 4 nitrogen and oxygen atoms in total. The molecule has 4 heteroatoms. The van der Waals surface area contributed by atoms with E-state index in [9.17, 15) is 0 Å². The molecule has 0 aliphatic carbocycles. The van der Waals surface area contributed by atoms with Crippen molar-refractivity contribution in [3.8, 4) is 0 Å². The SMILES string of the molecule is Cc1cccc(/C(=N/N)N(C)N)c1. The van der Waals surface area contributed by atoms with Crippen LogP contribution >= 0.6 is 0 Å². The molecule has 1 rings (SSSR count). The highest BCUT2D eigenvalue weighted by atomic mass is 15.4. The van der Waals surface area contributed by atoms with Crippen molar-refractivity contribution in [1.82, 2.24) is 5.01 Å². The second kappa shape index (κ2) is 3.91. The van der Waals surface area contributed by atoms with Gasteiger partial charge in [-0.3, -0.25) is 5.01 Å². The smallest absolute Gasteiger partial charge is 0.169 e. The monoisotopic (exact) mass is 178 g/mol. The Morgan fingerprint density at radius 1 is 1.46 bits per heavy atom. The fourth-order valence-corrected chi connectivity index (χ4v) is 1.15. The Bertz CT molecular complexity index is 317. The normalized spacial score (nSPS) is 11.5. The van der Waals surface area contributed by atoms with E-state index < -0.39 is 0 Å². The van der Waals surface area contributed by atoms with Crippen LogP contribution in [0.15, 0.2) is 29.4 Å². The van der Waals surface area contributed by atoms with Gasteiger partial charge in [0.05, 0.1) is 0 Å². The summed E-state index contributed by atoms with van der Waals surface area (Å²) in [5.74, 6) is 11.3. The molecule has 4 N–H and O–H groups in total. The lowest BCUT2D eigenvalue weighted by Crippen LogP contribution is -2.34. The molecule has 0 radical (unpaired) electrons. The van der Waals surface area contributed by atoms with Gasteiger partial charge in [0.1, 0.15) is 0 Å². The lowest BCUT2D eigenvalue weighted by molar-refractivity contribution is 0.537. The van der Waals surface area contributed by atoms with Gasteiger partial charge in [-0.2, -0.15) is 5.10 Å². The molecular formula is C9H14N4. The molecule has 0 atom stereocenters. The first-order valence-electron chi connectivity index (χ1n) is 3.98. The minimum atomic E-state index is 0.573. The van der Waals surface area contributed by atoms with E-state index in [-0.39, 0.29) is 0 Å². The van der Waals surface area contributed by atoms with Crippen molar-refractivity contribution in [2.45, 2.75) is 6.92 Å². The van der Waals surface area contributed by atoms with Gasteiger partial charge in [-0.15, -0.1) is 0 Å². The number of nitrogens with zero attached hydrogens (tertiary/aromatic N) is 2. The highest BCUT2D eigenvalue weighted by molar-refractivity contribution is 5.98. The Labute approximate surface area is 77.8 Å². The summed E-state index contributed by atoms with van der Waals surface area (Å²) in [7, 11) is 1.70. The van der Waals surface area contributed by atoms with Crippen LogP contribution in [0.25, 0.3) is 0 Å². The molecule has 0 spiro atoms. The molecule has 0 unspecified atom stereocenters. The summed E-state index contributed by atoms with van der Waals surface area (Å²) < 4.78 is 0. The number of rotatable bonds is 1. The lowest BCUT2D eigenvalue weighted by Gasteiger charge is -2.14. The maximum Gasteiger partial charge on any atom is 0.169 e. The van der Waals surface area contributed by atoms with Gasteiger partial charge in [0.15, 0.2) is 5.84 Å². The van der Waals surface area contributed by atoms with Gasteiger partial charge in [0.2, 0.25) is 0 Å². The first kappa shape index (κ1) is 9.54. The van der Waals surface area contributed by atoms with Crippen LogP contribution in [0.2, 0.25) is 0 Å². The number of nitrogens with two attached hydrogens (primary N) is 2. The number of hydrazine groups is 1. The van der Waals surface area contributed by atoms with Crippen LogP contribution in [0, 0.1) is 6.92 Å². The standard InChI is InChI=1S/C9H14N4/c1-7-4-3-5-8(6-7)9(12-10)13(2)11/h3-6H,10-11H2,1-2H3/b12-9-. The van der Waals surface area contributed by atoms with Gasteiger partial charge in [0.25, 0.3) is 0 Å². The molecule has 1 aromatic rings. The van der Waals surface area contributed by atoms with Crippen molar-refractivity contribution >= 4 is 5.84 Å². The van der Waals surface area contributed by atoms with Gasteiger partial charge in [-0.25, -0.2) is 5.84 Å². The van der Waals surface area contributed by atoms with Crippen molar-refractivity contribution < 1.29 is 0 Å². The van der Waals surface area contributed by atoms with E-state index in [1.54, 1.807) is 7.05 Å². The number of amidine groups is 1. The zero-order valence-corrected chi connectivity index (χ0v) is 7.86. The van der Waals surface area contributed by atoms with E-state index in [2.05, 4.69) is 5.10 Å². The molecule has 13 heavy (non-hydrogen) atoms. The number of benzene rings is 1. The number of hydrogen-bond donors (Lipinski definition) is 2. The van der Waals surface area contributed by atoms with Crippen LogP contribution in [0.3, 0.4) is 0 Å². The molecule has 0 aliphatic heterocycles. The van der Waals surface area contributed by atoms with E-state index in [1.165, 1.54) is 5.01 Å².